The first kappa shape index (κ1) is 39.3. The van der Waals surface area contributed by atoms with Gasteiger partial charge in [0.15, 0.2) is 16.5 Å². The maximum Gasteiger partial charge on any atom is 0.163 e. The summed E-state index contributed by atoms with van der Waals surface area (Å²) in [5.41, 5.74) is 5.60. The Kier molecular flexibility index (Phi) is 12.1. The van der Waals surface area contributed by atoms with Crippen LogP contribution in [-0.2, 0) is 0 Å². The van der Waals surface area contributed by atoms with Gasteiger partial charge in [0.05, 0.1) is 0 Å². The van der Waals surface area contributed by atoms with Gasteiger partial charge in [-0.15, -0.1) is 0 Å². The molecule has 2 aromatic carbocycles. The molecule has 0 fully saturated rings. The second-order valence-corrected chi connectivity index (χ2v) is 26.5. The molecule has 0 spiro atoms. The Labute approximate surface area is 315 Å². The summed E-state index contributed by atoms with van der Waals surface area (Å²) in [5, 5.41) is 2.63. The highest BCUT2D eigenvalue weighted by Crippen LogP contribution is 2.41. The van der Waals surface area contributed by atoms with Crippen LogP contribution in [0.5, 0.6) is 0 Å². The maximum atomic E-state index is 13.5. The third kappa shape index (κ3) is 8.22. The number of fused-ring (bicyclic) bond motifs is 2. The first-order valence-electron chi connectivity index (χ1n) is 16.1. The largest absolute Gasteiger partial charge is 0.359 e. The van der Waals surface area contributed by atoms with Crippen LogP contribution in [0.3, 0.4) is 0 Å². The lowest BCUT2D eigenvalue weighted by molar-refractivity contribution is 0.628. The predicted molar refractivity (Wildman–Crippen MR) is 221 cm³/mol. The van der Waals surface area contributed by atoms with Crippen molar-refractivity contribution in [1.29, 1.82) is 0 Å². The van der Waals surface area contributed by atoms with Gasteiger partial charge in [-0.05, 0) is 85.8 Å². The Bertz CT molecular complexity index is 2080. The van der Waals surface area contributed by atoms with Crippen molar-refractivity contribution in [2.75, 3.05) is 0 Å². The lowest BCUT2D eigenvalue weighted by Gasteiger charge is -2.38. The fourth-order valence-corrected chi connectivity index (χ4v) is 9.80. The molecule has 260 valence electrons. The summed E-state index contributed by atoms with van der Waals surface area (Å²) in [7, 11) is -3.47. The SMILES string of the molecule is BrBr.CC(C)(C)[Si](C)(C)n1cc(Br)c2cc(-c3cccc(F)c3)cnc21.CC(C)(C)[Si](C)(C)n1ccc2cc(-c3cccc(F)c3)cnc21. The summed E-state index contributed by atoms with van der Waals surface area (Å²) in [6.07, 6.45) is 8.00. The lowest BCUT2D eigenvalue weighted by atomic mass is 10.1. The van der Waals surface area contributed by atoms with Gasteiger partial charge in [0, 0.05) is 73.2 Å². The Morgan fingerprint density at radius 3 is 1.57 bits per heavy atom. The molecule has 6 aromatic rings. The van der Waals surface area contributed by atoms with Crippen molar-refractivity contribution in [2.24, 2.45) is 0 Å². The van der Waals surface area contributed by atoms with E-state index in [1.165, 1.54) is 12.1 Å². The van der Waals surface area contributed by atoms with E-state index >= 15 is 0 Å². The molecule has 0 amide bonds. The normalized spacial score (nSPS) is 12.4. The number of halogens is 5. The number of pyridine rings is 2. The summed E-state index contributed by atoms with van der Waals surface area (Å²) in [5.74, 6) is -0.452. The minimum absolute atomic E-state index is 0.210. The molecule has 4 nitrogen and oxygen atoms in total. The van der Waals surface area contributed by atoms with E-state index < -0.39 is 16.5 Å². The number of hydrogen-bond acceptors (Lipinski definition) is 2. The second kappa shape index (κ2) is 15.0. The monoisotopic (exact) mass is 888 g/mol. The summed E-state index contributed by atoms with van der Waals surface area (Å²) in [6.45, 7) is 23.2. The molecular formula is C38H45Br3F2N4Si2. The van der Waals surface area contributed by atoms with Gasteiger partial charge in [0.2, 0.25) is 0 Å². The summed E-state index contributed by atoms with van der Waals surface area (Å²) >= 11 is 9.19. The number of hydrogen-bond donors (Lipinski definition) is 0. The average Bonchev–Trinajstić information content (AvgIpc) is 3.62. The van der Waals surface area contributed by atoms with Crippen LogP contribution in [0.1, 0.15) is 41.5 Å². The highest BCUT2D eigenvalue weighted by molar-refractivity contribution is 9.93. The number of nitrogens with zero attached hydrogens (tertiary/aromatic N) is 4. The van der Waals surface area contributed by atoms with Gasteiger partial charge in [-0.2, -0.15) is 0 Å². The molecule has 4 aromatic heterocycles. The molecule has 0 atom stereocenters. The van der Waals surface area contributed by atoms with Gasteiger partial charge < -0.3 is 8.47 Å². The predicted octanol–water partition coefficient (Wildman–Crippen LogP) is 13.8. The molecule has 0 aliphatic heterocycles. The lowest BCUT2D eigenvalue weighted by Crippen LogP contribution is -2.45. The Balaban J connectivity index is 0.000000210. The molecule has 0 saturated heterocycles. The summed E-state index contributed by atoms with van der Waals surface area (Å²) in [4.78, 5) is 9.44. The Hall–Kier alpha value is -2.45. The van der Waals surface area contributed by atoms with Gasteiger partial charge in [0.25, 0.3) is 0 Å². The van der Waals surface area contributed by atoms with Crippen molar-refractivity contribution in [3.8, 4) is 22.3 Å². The third-order valence-electron chi connectivity index (χ3n) is 10.3. The first-order valence-corrected chi connectivity index (χ1v) is 26.5. The third-order valence-corrected chi connectivity index (χ3v) is 21.4. The molecule has 4 heterocycles. The van der Waals surface area contributed by atoms with E-state index in [0.29, 0.717) is 0 Å². The molecular weight excluding hydrogens is 846 g/mol. The van der Waals surface area contributed by atoms with Crippen molar-refractivity contribution in [3.63, 3.8) is 0 Å². The van der Waals surface area contributed by atoms with Gasteiger partial charge in [-0.1, -0.05) is 92.0 Å². The van der Waals surface area contributed by atoms with Crippen LogP contribution in [0.4, 0.5) is 8.78 Å². The Morgan fingerprint density at radius 1 is 0.612 bits per heavy atom. The zero-order valence-electron chi connectivity index (χ0n) is 29.8. The molecule has 0 aliphatic rings. The smallest absolute Gasteiger partial charge is 0.163 e. The van der Waals surface area contributed by atoms with Crippen molar-refractivity contribution >= 4 is 82.7 Å². The topological polar surface area (TPSA) is 35.6 Å². The van der Waals surface area contributed by atoms with Gasteiger partial charge in [-0.25, -0.2) is 18.7 Å². The summed E-state index contributed by atoms with van der Waals surface area (Å²) < 4.78 is 32.7. The molecule has 0 unspecified atom stereocenters. The Morgan fingerprint density at radius 2 is 1.08 bits per heavy atom. The average molecular weight is 892 g/mol. The zero-order chi connectivity index (χ0) is 36.5. The molecule has 0 saturated carbocycles. The number of aromatic nitrogens is 4. The van der Waals surface area contributed by atoms with Crippen LogP contribution in [0.25, 0.3) is 44.3 Å². The van der Waals surface area contributed by atoms with E-state index in [1.54, 1.807) is 24.3 Å². The van der Waals surface area contributed by atoms with E-state index in [2.05, 4.69) is 151 Å². The van der Waals surface area contributed by atoms with Crippen molar-refractivity contribution in [3.05, 3.63) is 108 Å². The van der Waals surface area contributed by atoms with Crippen LogP contribution in [-0.4, -0.2) is 34.9 Å². The van der Waals surface area contributed by atoms with Crippen LogP contribution >= 0.6 is 44.2 Å². The van der Waals surface area contributed by atoms with E-state index in [0.717, 1.165) is 48.8 Å². The molecule has 11 heteroatoms. The van der Waals surface area contributed by atoms with Crippen LogP contribution in [0, 0.1) is 11.6 Å². The molecule has 0 bridgehead atoms. The van der Waals surface area contributed by atoms with Crippen molar-refractivity contribution < 1.29 is 8.78 Å². The second-order valence-electron chi connectivity index (χ2n) is 15.4. The molecule has 6 rings (SSSR count). The van der Waals surface area contributed by atoms with E-state index in [1.807, 2.05) is 24.5 Å². The summed E-state index contributed by atoms with van der Waals surface area (Å²) in [6, 6.07) is 19.6. The van der Waals surface area contributed by atoms with Crippen LogP contribution in [0.2, 0.25) is 36.3 Å². The van der Waals surface area contributed by atoms with Gasteiger partial charge in [-0.3, -0.25) is 0 Å². The van der Waals surface area contributed by atoms with Crippen LogP contribution < -0.4 is 0 Å². The van der Waals surface area contributed by atoms with E-state index in [9.17, 15) is 8.78 Å². The van der Waals surface area contributed by atoms with Gasteiger partial charge in [0.1, 0.15) is 22.9 Å². The van der Waals surface area contributed by atoms with Crippen molar-refractivity contribution in [1.82, 2.24) is 18.4 Å². The first-order chi connectivity index (χ1) is 22.8. The fraction of sp³-hybridized carbons (Fsp3) is 0.316. The standard InChI is InChI=1S/C19H22BrFN2Si.C19H23FN2Si.Br2/c1-19(2,3)24(4,5)23-12-17(20)16-10-14(11-22-18(16)23)13-7-6-8-15(21)9-13;1-19(2,3)23(4,5)22-10-9-15-11-16(13-21-18(15)22)14-7-6-8-17(20)12-14;1-2/h6-12H,1-5H3;6-13H,1-5H3;. The van der Waals surface area contributed by atoms with E-state index in [-0.39, 0.29) is 21.7 Å². The van der Waals surface area contributed by atoms with Gasteiger partial charge >= 0.3 is 0 Å². The number of rotatable bonds is 4. The molecule has 49 heavy (non-hydrogen) atoms. The van der Waals surface area contributed by atoms with Crippen LogP contribution in [0.15, 0.2) is 96.0 Å². The maximum absolute atomic E-state index is 13.5. The highest BCUT2D eigenvalue weighted by atomic mass is 80.9. The molecule has 0 aliphatic carbocycles. The quantitative estimate of drug-likeness (QED) is 0.165. The molecule has 0 N–H and O–H groups in total. The minimum atomic E-state index is -1.77. The number of benzene rings is 2. The highest BCUT2D eigenvalue weighted by Gasteiger charge is 2.39. The zero-order valence-corrected chi connectivity index (χ0v) is 36.6. The molecule has 0 radical (unpaired) electrons. The van der Waals surface area contributed by atoms with Crippen molar-refractivity contribution in [2.45, 2.75) is 77.8 Å². The van der Waals surface area contributed by atoms with E-state index in [4.69, 9.17) is 9.97 Å². The fourth-order valence-electron chi connectivity index (χ4n) is 5.34. The minimum Gasteiger partial charge on any atom is -0.359 e.